The van der Waals surface area contributed by atoms with Crippen LogP contribution in [0, 0.1) is 5.82 Å². The summed E-state index contributed by atoms with van der Waals surface area (Å²) in [6, 6.07) is 2.74. The van der Waals surface area contributed by atoms with Crippen molar-refractivity contribution in [3.63, 3.8) is 0 Å². The molecule has 0 unspecified atom stereocenters. The van der Waals surface area contributed by atoms with Gasteiger partial charge in [-0.2, -0.15) is 8.42 Å². The Labute approximate surface area is 139 Å². The molecule has 2 aliphatic heterocycles. The van der Waals surface area contributed by atoms with E-state index in [0.717, 1.165) is 32.0 Å². The first-order chi connectivity index (χ1) is 11.4. The van der Waals surface area contributed by atoms with Crippen LogP contribution >= 0.6 is 0 Å². The minimum absolute atomic E-state index is 0.268. The lowest BCUT2D eigenvalue weighted by Gasteiger charge is -2.24. The fraction of sp³-hybridized carbons (Fsp3) is 0.500. The number of benzene rings is 1. The smallest absolute Gasteiger partial charge is 0.326 e. The van der Waals surface area contributed by atoms with Crippen LogP contribution in [0.15, 0.2) is 12.1 Å². The maximum atomic E-state index is 14.4. The van der Waals surface area contributed by atoms with Gasteiger partial charge in [-0.1, -0.05) is 0 Å². The minimum Gasteiger partial charge on any atom is -0.506 e. The van der Waals surface area contributed by atoms with Gasteiger partial charge in [0, 0.05) is 19.1 Å². The van der Waals surface area contributed by atoms with E-state index in [2.05, 4.69) is 10.6 Å². The van der Waals surface area contributed by atoms with E-state index in [0.29, 0.717) is 16.4 Å². The predicted molar refractivity (Wildman–Crippen MR) is 85.2 cm³/mol. The molecule has 0 bridgehead atoms. The van der Waals surface area contributed by atoms with Crippen molar-refractivity contribution >= 4 is 21.8 Å². The number of piperidine rings is 1. The van der Waals surface area contributed by atoms with Gasteiger partial charge in [-0.25, -0.2) is 13.4 Å². The van der Waals surface area contributed by atoms with Crippen molar-refractivity contribution in [1.82, 2.24) is 15.4 Å². The number of halogens is 1. The average molecular weight is 358 g/mol. The molecule has 0 radical (unpaired) electrons. The minimum atomic E-state index is -4.17. The Morgan fingerprint density at radius 2 is 2.21 bits per heavy atom. The predicted octanol–water partition coefficient (Wildman–Crippen LogP) is -0.446. The molecule has 1 atom stereocenters. The van der Waals surface area contributed by atoms with Gasteiger partial charge in [0.25, 0.3) is 5.91 Å². The third-order valence-electron chi connectivity index (χ3n) is 4.06. The first-order valence-electron chi connectivity index (χ1n) is 7.65. The molecule has 1 amide bonds. The van der Waals surface area contributed by atoms with Crippen LogP contribution < -0.4 is 19.7 Å². The van der Waals surface area contributed by atoms with Crippen LogP contribution in [0.3, 0.4) is 0 Å². The van der Waals surface area contributed by atoms with Crippen LogP contribution in [0.2, 0.25) is 0 Å². The molecule has 2 heterocycles. The van der Waals surface area contributed by atoms with Crippen LogP contribution in [0.5, 0.6) is 5.75 Å². The molecular formula is C14H19FN4O4S. The van der Waals surface area contributed by atoms with Gasteiger partial charge >= 0.3 is 10.2 Å². The number of phenols is 1. The number of aromatic hydroxyl groups is 1. The first kappa shape index (κ1) is 16.9. The Morgan fingerprint density at radius 1 is 1.42 bits per heavy atom. The van der Waals surface area contributed by atoms with Gasteiger partial charge in [0.1, 0.15) is 18.0 Å². The highest BCUT2D eigenvalue weighted by Crippen LogP contribution is 2.34. The fourth-order valence-electron chi connectivity index (χ4n) is 2.92. The Balaban J connectivity index is 1.77. The molecule has 4 N–H and O–H groups in total. The SMILES string of the molecule is O=C1CN(c2c(O)cc(CN[C@H]3CCCNC3)cc2F)S(=O)(=O)N1. The van der Waals surface area contributed by atoms with Crippen LogP contribution in [0.1, 0.15) is 18.4 Å². The zero-order valence-corrected chi connectivity index (χ0v) is 13.7. The molecule has 132 valence electrons. The Kier molecular flexibility index (Phi) is 4.61. The van der Waals surface area contributed by atoms with Gasteiger partial charge < -0.3 is 15.7 Å². The topological polar surface area (TPSA) is 111 Å². The Morgan fingerprint density at radius 3 is 2.79 bits per heavy atom. The lowest BCUT2D eigenvalue weighted by molar-refractivity contribution is -0.117. The number of phenolic OH excluding ortho intramolecular Hbond substituents is 1. The summed E-state index contributed by atoms with van der Waals surface area (Å²) in [7, 11) is -4.17. The number of amides is 1. The molecule has 24 heavy (non-hydrogen) atoms. The average Bonchev–Trinajstić information content (AvgIpc) is 2.78. The lowest BCUT2D eigenvalue weighted by Crippen LogP contribution is -2.42. The Hall–Kier alpha value is -1.91. The summed E-state index contributed by atoms with van der Waals surface area (Å²) in [5, 5.41) is 16.6. The van der Waals surface area contributed by atoms with E-state index in [1.807, 2.05) is 0 Å². The number of nitrogens with one attached hydrogen (secondary N) is 3. The number of anilines is 1. The lowest BCUT2D eigenvalue weighted by atomic mass is 10.1. The third kappa shape index (κ3) is 3.45. The van der Waals surface area contributed by atoms with Crippen LogP contribution in [0.25, 0.3) is 0 Å². The molecule has 3 rings (SSSR count). The number of nitrogens with zero attached hydrogens (tertiary/aromatic N) is 1. The van der Waals surface area contributed by atoms with Crippen molar-refractivity contribution < 1.29 is 22.7 Å². The molecular weight excluding hydrogens is 339 g/mol. The van der Waals surface area contributed by atoms with Gasteiger partial charge in [-0.15, -0.1) is 0 Å². The second-order valence-electron chi connectivity index (χ2n) is 5.91. The zero-order valence-electron chi connectivity index (χ0n) is 12.9. The highest BCUT2D eigenvalue weighted by molar-refractivity contribution is 7.92. The van der Waals surface area contributed by atoms with E-state index in [1.54, 1.807) is 4.72 Å². The van der Waals surface area contributed by atoms with Crippen molar-refractivity contribution in [3.05, 3.63) is 23.5 Å². The zero-order chi connectivity index (χ0) is 17.3. The largest absolute Gasteiger partial charge is 0.506 e. The molecule has 2 aliphatic rings. The van der Waals surface area contributed by atoms with E-state index in [9.17, 15) is 22.7 Å². The van der Waals surface area contributed by atoms with E-state index in [1.165, 1.54) is 6.07 Å². The van der Waals surface area contributed by atoms with Gasteiger partial charge in [0.15, 0.2) is 5.82 Å². The van der Waals surface area contributed by atoms with Crippen molar-refractivity contribution in [2.45, 2.75) is 25.4 Å². The highest BCUT2D eigenvalue weighted by Gasteiger charge is 2.37. The van der Waals surface area contributed by atoms with E-state index in [4.69, 9.17) is 0 Å². The van der Waals surface area contributed by atoms with Crippen molar-refractivity contribution in [1.29, 1.82) is 0 Å². The van der Waals surface area contributed by atoms with Crippen LogP contribution in [0.4, 0.5) is 10.1 Å². The van der Waals surface area contributed by atoms with Gasteiger partial charge in [-0.05, 0) is 37.1 Å². The van der Waals surface area contributed by atoms with Crippen LogP contribution in [-0.4, -0.2) is 45.1 Å². The van der Waals surface area contributed by atoms with E-state index in [-0.39, 0.29) is 6.04 Å². The molecule has 8 nitrogen and oxygen atoms in total. The summed E-state index contributed by atoms with van der Waals surface area (Å²) in [5.74, 6) is -2.19. The molecule has 0 aliphatic carbocycles. The normalized spacial score (nSPS) is 23.3. The van der Waals surface area contributed by atoms with Gasteiger partial charge in [-0.3, -0.25) is 4.79 Å². The first-order valence-corrected chi connectivity index (χ1v) is 9.09. The standard InChI is InChI=1S/C14H19FN4O4S/c15-11-4-9(6-17-10-2-1-3-16-7-10)5-12(20)14(11)19-8-13(21)18-24(19,22)23/h4-5,10,16-17,20H,1-3,6-8H2,(H,18,21)/t10-/m0/s1. The molecule has 0 aromatic heterocycles. The monoisotopic (exact) mass is 358 g/mol. The number of carbonyl (C=O) groups is 1. The molecule has 1 aromatic carbocycles. The fourth-order valence-corrected chi connectivity index (χ4v) is 4.09. The van der Waals surface area contributed by atoms with E-state index >= 15 is 0 Å². The summed E-state index contributed by atoms with van der Waals surface area (Å²) < 4.78 is 40.2. The van der Waals surface area contributed by atoms with Gasteiger partial charge in [0.2, 0.25) is 0 Å². The summed E-state index contributed by atoms with van der Waals surface area (Å²) in [6.45, 7) is 1.60. The van der Waals surface area contributed by atoms with Crippen molar-refractivity contribution in [2.24, 2.45) is 0 Å². The molecule has 0 saturated carbocycles. The molecule has 10 heteroatoms. The molecule has 0 spiro atoms. The summed E-state index contributed by atoms with van der Waals surface area (Å²) in [5.41, 5.74) is -0.0216. The summed E-state index contributed by atoms with van der Waals surface area (Å²) in [6.07, 6.45) is 2.07. The highest BCUT2D eigenvalue weighted by atomic mass is 32.2. The maximum absolute atomic E-state index is 14.4. The van der Waals surface area contributed by atoms with Crippen LogP contribution in [-0.2, 0) is 21.5 Å². The summed E-state index contributed by atoms with van der Waals surface area (Å²) >= 11 is 0. The summed E-state index contributed by atoms with van der Waals surface area (Å²) in [4.78, 5) is 11.3. The number of hydrogen-bond donors (Lipinski definition) is 4. The number of rotatable bonds is 4. The van der Waals surface area contributed by atoms with Crippen molar-refractivity contribution in [2.75, 3.05) is 23.9 Å². The van der Waals surface area contributed by atoms with Gasteiger partial charge in [0.05, 0.1) is 0 Å². The number of carbonyl (C=O) groups excluding carboxylic acids is 1. The molecule has 2 saturated heterocycles. The second-order valence-corrected chi connectivity index (χ2v) is 7.50. The van der Waals surface area contributed by atoms with E-state index < -0.39 is 39.9 Å². The molecule has 2 fully saturated rings. The molecule has 1 aromatic rings. The van der Waals surface area contributed by atoms with Crippen molar-refractivity contribution in [3.8, 4) is 5.75 Å². The second kappa shape index (κ2) is 6.54. The maximum Gasteiger partial charge on any atom is 0.326 e. The Bertz CT molecular complexity index is 726. The number of hydrogen-bond acceptors (Lipinski definition) is 6. The third-order valence-corrected chi connectivity index (χ3v) is 5.44. The quantitative estimate of drug-likeness (QED) is 0.580.